The molecule has 27 heavy (non-hydrogen) atoms. The monoisotopic (exact) mass is 371 g/mol. The first-order valence-corrected chi connectivity index (χ1v) is 8.44. The molecular weight excluding hydrogens is 350 g/mol. The van der Waals surface area contributed by atoms with Gasteiger partial charge < -0.3 is 15.2 Å². The molecule has 0 aliphatic heterocycles. The van der Waals surface area contributed by atoms with Crippen LogP contribution in [0, 0.1) is 10.1 Å². The average Bonchev–Trinajstić information content (AvgIpc) is 2.66. The lowest BCUT2D eigenvalue weighted by Crippen LogP contribution is -2.11. The van der Waals surface area contributed by atoms with Crippen molar-refractivity contribution in [1.82, 2.24) is 0 Å². The number of ether oxygens (including phenoxy) is 1. The van der Waals surface area contributed by atoms with E-state index in [2.05, 4.69) is 10.3 Å². The number of aromatic hydroxyl groups is 1. The summed E-state index contributed by atoms with van der Waals surface area (Å²) in [5.41, 5.74) is 0.877. The minimum atomic E-state index is -0.661. The van der Waals surface area contributed by atoms with Gasteiger partial charge in [-0.05, 0) is 24.6 Å². The standard InChI is InChI=1S/C19H21N3O5/c1-3-4-8-18(23)21-15-10-9-14(11-17(15)27-2)20-12-13-6-5-7-16(19(13)24)22(25)26/h5-7,9-12,24H,3-4,8H2,1-2H3,(H,21,23). The van der Waals surface area contributed by atoms with E-state index in [4.69, 9.17) is 4.74 Å². The number of hydrogen-bond acceptors (Lipinski definition) is 6. The van der Waals surface area contributed by atoms with E-state index in [9.17, 15) is 20.0 Å². The molecule has 2 aromatic rings. The summed E-state index contributed by atoms with van der Waals surface area (Å²) in [6.07, 6.45) is 3.51. The fraction of sp³-hybridized carbons (Fsp3) is 0.263. The quantitative estimate of drug-likeness (QED) is 0.410. The lowest BCUT2D eigenvalue weighted by atomic mass is 10.2. The molecule has 0 unspecified atom stereocenters. The first kappa shape index (κ1) is 19.9. The molecule has 0 heterocycles. The Balaban J connectivity index is 2.20. The van der Waals surface area contributed by atoms with Gasteiger partial charge in [-0.25, -0.2) is 0 Å². The van der Waals surface area contributed by atoms with Gasteiger partial charge in [-0.15, -0.1) is 0 Å². The highest BCUT2D eigenvalue weighted by Gasteiger charge is 2.15. The van der Waals surface area contributed by atoms with Crippen molar-refractivity contribution in [3.05, 3.63) is 52.1 Å². The van der Waals surface area contributed by atoms with Crippen molar-refractivity contribution in [2.75, 3.05) is 12.4 Å². The van der Waals surface area contributed by atoms with Crippen LogP contribution in [0.15, 0.2) is 41.4 Å². The number of carbonyl (C=O) groups excluding carboxylic acids is 1. The fourth-order valence-electron chi connectivity index (χ4n) is 2.36. The average molecular weight is 371 g/mol. The predicted molar refractivity (Wildman–Crippen MR) is 103 cm³/mol. The van der Waals surface area contributed by atoms with Crippen LogP contribution in [-0.2, 0) is 4.79 Å². The third-order valence-electron chi connectivity index (χ3n) is 3.81. The molecule has 0 aromatic heterocycles. The maximum atomic E-state index is 11.9. The van der Waals surface area contributed by atoms with Gasteiger partial charge in [0.2, 0.25) is 11.7 Å². The summed E-state index contributed by atoms with van der Waals surface area (Å²) in [6.45, 7) is 2.01. The number of phenols is 1. The van der Waals surface area contributed by atoms with Crippen LogP contribution >= 0.6 is 0 Å². The lowest BCUT2D eigenvalue weighted by molar-refractivity contribution is -0.385. The van der Waals surface area contributed by atoms with Gasteiger partial charge in [0.25, 0.3) is 0 Å². The van der Waals surface area contributed by atoms with Crippen molar-refractivity contribution in [3.8, 4) is 11.5 Å². The number of amides is 1. The van der Waals surface area contributed by atoms with Gasteiger partial charge in [-0.2, -0.15) is 0 Å². The van der Waals surface area contributed by atoms with Crippen molar-refractivity contribution < 1.29 is 19.6 Å². The molecule has 8 heteroatoms. The Labute approximate surface area is 156 Å². The number of nitro groups is 1. The zero-order valence-corrected chi connectivity index (χ0v) is 15.1. The van der Waals surface area contributed by atoms with Crippen LogP contribution in [0.25, 0.3) is 0 Å². The van der Waals surface area contributed by atoms with Crippen LogP contribution < -0.4 is 10.1 Å². The largest absolute Gasteiger partial charge is 0.502 e. The SMILES string of the molecule is CCCCC(=O)Nc1ccc(N=Cc2cccc([N+](=O)[O-])c2O)cc1OC. The highest BCUT2D eigenvalue weighted by molar-refractivity contribution is 5.93. The van der Waals surface area contributed by atoms with Crippen molar-refractivity contribution >= 4 is 29.2 Å². The molecule has 1 amide bonds. The zero-order valence-electron chi connectivity index (χ0n) is 15.1. The molecule has 2 aromatic carbocycles. The van der Waals surface area contributed by atoms with Gasteiger partial charge in [0, 0.05) is 30.3 Å². The molecule has 0 saturated carbocycles. The van der Waals surface area contributed by atoms with Crippen LogP contribution in [0.2, 0.25) is 0 Å². The number of nitro benzene ring substituents is 1. The van der Waals surface area contributed by atoms with E-state index in [0.717, 1.165) is 12.8 Å². The number of nitrogens with one attached hydrogen (secondary N) is 1. The zero-order chi connectivity index (χ0) is 19.8. The third-order valence-corrected chi connectivity index (χ3v) is 3.81. The minimum absolute atomic E-state index is 0.0899. The Morgan fingerprint density at radius 3 is 2.81 bits per heavy atom. The van der Waals surface area contributed by atoms with E-state index >= 15 is 0 Å². The van der Waals surface area contributed by atoms with Crippen molar-refractivity contribution in [3.63, 3.8) is 0 Å². The van der Waals surface area contributed by atoms with Gasteiger partial charge in [-0.3, -0.25) is 19.9 Å². The summed E-state index contributed by atoms with van der Waals surface area (Å²) in [7, 11) is 1.48. The van der Waals surface area contributed by atoms with E-state index in [0.29, 0.717) is 23.5 Å². The number of carbonyl (C=O) groups is 1. The summed E-state index contributed by atoms with van der Waals surface area (Å²) < 4.78 is 5.29. The Hall–Kier alpha value is -3.42. The van der Waals surface area contributed by atoms with E-state index in [-0.39, 0.29) is 17.2 Å². The Bertz CT molecular complexity index is 864. The van der Waals surface area contributed by atoms with E-state index < -0.39 is 10.7 Å². The van der Waals surface area contributed by atoms with Crippen LogP contribution in [0.1, 0.15) is 31.7 Å². The number of unbranched alkanes of at least 4 members (excludes halogenated alkanes) is 1. The second-order valence-electron chi connectivity index (χ2n) is 5.77. The molecule has 0 radical (unpaired) electrons. The Morgan fingerprint density at radius 1 is 1.37 bits per heavy atom. The Kier molecular flexibility index (Phi) is 6.87. The predicted octanol–water partition coefficient (Wildman–Crippen LogP) is 4.19. The third kappa shape index (κ3) is 5.27. The second-order valence-corrected chi connectivity index (χ2v) is 5.77. The summed E-state index contributed by atoms with van der Waals surface area (Å²) in [5, 5.41) is 23.6. The first-order chi connectivity index (χ1) is 13.0. The molecule has 0 aliphatic carbocycles. The number of hydrogen-bond donors (Lipinski definition) is 2. The molecule has 0 spiro atoms. The van der Waals surface area contributed by atoms with Gasteiger partial charge in [0.05, 0.1) is 23.4 Å². The number of anilines is 1. The summed E-state index contributed by atoms with van der Waals surface area (Å²) >= 11 is 0. The van der Waals surface area contributed by atoms with E-state index in [1.807, 2.05) is 6.92 Å². The van der Waals surface area contributed by atoms with Crippen molar-refractivity contribution in [1.29, 1.82) is 0 Å². The second kappa shape index (κ2) is 9.33. The van der Waals surface area contributed by atoms with Crippen LogP contribution in [0.5, 0.6) is 11.5 Å². The smallest absolute Gasteiger partial charge is 0.311 e. The molecule has 142 valence electrons. The fourth-order valence-corrected chi connectivity index (χ4v) is 2.36. The number of benzene rings is 2. The molecule has 0 saturated heterocycles. The molecule has 2 N–H and O–H groups in total. The molecule has 0 atom stereocenters. The van der Waals surface area contributed by atoms with Crippen LogP contribution in [-0.4, -0.2) is 29.3 Å². The summed E-state index contributed by atoms with van der Waals surface area (Å²) in [6, 6.07) is 9.16. The maximum Gasteiger partial charge on any atom is 0.311 e. The van der Waals surface area contributed by atoms with Gasteiger partial charge in [0.15, 0.2) is 0 Å². The normalized spacial score (nSPS) is 10.7. The highest BCUT2D eigenvalue weighted by Crippen LogP contribution is 2.31. The molecule has 0 fully saturated rings. The number of phenolic OH excluding ortho intramolecular Hbond substituents is 1. The Morgan fingerprint density at radius 2 is 2.15 bits per heavy atom. The molecule has 0 aliphatic rings. The molecular formula is C19H21N3O5. The maximum absolute atomic E-state index is 11.9. The summed E-state index contributed by atoms with van der Waals surface area (Å²) in [4.78, 5) is 26.3. The van der Waals surface area contributed by atoms with Crippen molar-refractivity contribution in [2.45, 2.75) is 26.2 Å². The van der Waals surface area contributed by atoms with Crippen LogP contribution in [0.3, 0.4) is 0 Å². The number of rotatable bonds is 8. The highest BCUT2D eigenvalue weighted by atomic mass is 16.6. The molecule has 0 bridgehead atoms. The number of nitrogens with zero attached hydrogens (tertiary/aromatic N) is 2. The number of para-hydroxylation sites is 1. The molecule has 8 nitrogen and oxygen atoms in total. The van der Waals surface area contributed by atoms with Gasteiger partial charge in [-0.1, -0.05) is 19.4 Å². The van der Waals surface area contributed by atoms with Gasteiger partial charge >= 0.3 is 5.69 Å². The number of aliphatic imine (C=N–C) groups is 1. The van der Waals surface area contributed by atoms with Crippen LogP contribution in [0.4, 0.5) is 17.1 Å². The minimum Gasteiger partial charge on any atom is -0.502 e. The lowest BCUT2D eigenvalue weighted by Gasteiger charge is -2.10. The van der Waals surface area contributed by atoms with Gasteiger partial charge in [0.1, 0.15) is 5.75 Å². The first-order valence-electron chi connectivity index (χ1n) is 8.44. The van der Waals surface area contributed by atoms with E-state index in [1.54, 1.807) is 18.2 Å². The van der Waals surface area contributed by atoms with E-state index in [1.165, 1.54) is 31.5 Å². The summed E-state index contributed by atoms with van der Waals surface area (Å²) in [5.74, 6) is -0.0938. The molecule has 2 rings (SSSR count). The van der Waals surface area contributed by atoms with Crippen molar-refractivity contribution in [2.24, 2.45) is 4.99 Å². The number of methoxy groups -OCH3 is 1. The topological polar surface area (TPSA) is 114 Å².